The summed E-state index contributed by atoms with van der Waals surface area (Å²) < 4.78 is 5.72. The zero-order chi connectivity index (χ0) is 13.1. The molecular weight excluding hydrogens is 272 g/mol. The van der Waals surface area contributed by atoms with E-state index in [0.29, 0.717) is 26.3 Å². The number of carbonyl (C=O) groups is 1. The highest BCUT2D eigenvalue weighted by Gasteiger charge is 2.12. The smallest absolute Gasteiger partial charge is 0.265 e. The summed E-state index contributed by atoms with van der Waals surface area (Å²) in [7, 11) is 1.53. The Morgan fingerprint density at radius 3 is 2.78 bits per heavy atom. The Morgan fingerprint density at radius 2 is 2.17 bits per heavy atom. The summed E-state index contributed by atoms with van der Waals surface area (Å²) in [5, 5.41) is 2.74. The van der Waals surface area contributed by atoms with Crippen LogP contribution in [-0.4, -0.2) is 13.0 Å². The number of hydrogen-bond donors (Lipinski definition) is 2. The van der Waals surface area contributed by atoms with E-state index in [4.69, 9.17) is 22.1 Å². The lowest BCUT2D eigenvalue weighted by Crippen LogP contribution is -2.11. The van der Waals surface area contributed by atoms with E-state index in [1.807, 2.05) is 0 Å². The average Bonchev–Trinajstić information content (AvgIpc) is 2.76. The predicted octanol–water partition coefficient (Wildman–Crippen LogP) is 3.24. The van der Waals surface area contributed by atoms with Crippen molar-refractivity contribution in [3.63, 3.8) is 0 Å². The molecule has 1 amide bonds. The van der Waals surface area contributed by atoms with Gasteiger partial charge >= 0.3 is 0 Å². The number of hydrogen-bond acceptors (Lipinski definition) is 4. The van der Waals surface area contributed by atoms with E-state index in [1.54, 1.807) is 30.3 Å². The largest absolute Gasteiger partial charge is 0.495 e. The van der Waals surface area contributed by atoms with Crippen molar-refractivity contribution >= 4 is 40.2 Å². The monoisotopic (exact) mass is 282 g/mol. The molecule has 6 heteroatoms. The SMILES string of the molecule is COc1ccc(N)cc1NC(=O)c1ccc(Cl)s1. The highest BCUT2D eigenvalue weighted by Crippen LogP contribution is 2.28. The normalized spacial score (nSPS) is 10.1. The number of nitrogens with one attached hydrogen (secondary N) is 1. The first-order chi connectivity index (χ1) is 8.60. The van der Waals surface area contributed by atoms with Crippen molar-refractivity contribution in [2.75, 3.05) is 18.2 Å². The number of ether oxygens (including phenoxy) is 1. The van der Waals surface area contributed by atoms with Gasteiger partial charge in [0, 0.05) is 5.69 Å². The number of nitrogens with two attached hydrogens (primary N) is 1. The Bertz CT molecular complexity index is 583. The van der Waals surface area contributed by atoms with Crippen LogP contribution in [0.25, 0.3) is 0 Å². The van der Waals surface area contributed by atoms with Gasteiger partial charge in [0.05, 0.1) is 22.0 Å². The quantitative estimate of drug-likeness (QED) is 0.850. The third-order valence-corrected chi connectivity index (χ3v) is 3.50. The molecule has 0 saturated carbocycles. The molecule has 0 saturated heterocycles. The summed E-state index contributed by atoms with van der Waals surface area (Å²) in [5.41, 5.74) is 6.76. The molecule has 0 fully saturated rings. The van der Waals surface area contributed by atoms with Gasteiger partial charge in [-0.2, -0.15) is 0 Å². The molecule has 0 aliphatic heterocycles. The zero-order valence-corrected chi connectivity index (χ0v) is 11.1. The summed E-state index contributed by atoms with van der Waals surface area (Å²) in [4.78, 5) is 12.5. The van der Waals surface area contributed by atoms with Crippen LogP contribution in [-0.2, 0) is 0 Å². The Labute approximate surface area is 113 Å². The van der Waals surface area contributed by atoms with Gasteiger partial charge in [0.15, 0.2) is 0 Å². The van der Waals surface area contributed by atoms with E-state index in [1.165, 1.54) is 18.4 Å². The lowest BCUT2D eigenvalue weighted by Gasteiger charge is -2.10. The maximum atomic E-state index is 12.0. The van der Waals surface area contributed by atoms with Crippen LogP contribution >= 0.6 is 22.9 Å². The van der Waals surface area contributed by atoms with Gasteiger partial charge in [0.2, 0.25) is 0 Å². The van der Waals surface area contributed by atoms with Crippen LogP contribution in [0.1, 0.15) is 9.67 Å². The molecule has 0 radical (unpaired) electrons. The van der Waals surface area contributed by atoms with Gasteiger partial charge in [-0.3, -0.25) is 4.79 Å². The number of halogens is 1. The number of rotatable bonds is 3. The fourth-order valence-corrected chi connectivity index (χ4v) is 2.38. The van der Waals surface area contributed by atoms with Crippen LogP contribution < -0.4 is 15.8 Å². The lowest BCUT2D eigenvalue weighted by atomic mass is 10.2. The van der Waals surface area contributed by atoms with E-state index in [2.05, 4.69) is 5.32 Å². The average molecular weight is 283 g/mol. The molecule has 3 N–H and O–H groups in total. The lowest BCUT2D eigenvalue weighted by molar-refractivity contribution is 0.103. The molecule has 0 atom stereocenters. The summed E-state index contributed by atoms with van der Waals surface area (Å²) >= 11 is 7.00. The summed E-state index contributed by atoms with van der Waals surface area (Å²) in [6.07, 6.45) is 0. The van der Waals surface area contributed by atoms with E-state index in [-0.39, 0.29) is 5.91 Å². The van der Waals surface area contributed by atoms with Crippen LogP contribution in [0.3, 0.4) is 0 Å². The molecular formula is C12H11ClN2O2S. The minimum Gasteiger partial charge on any atom is -0.495 e. The molecule has 0 aliphatic rings. The van der Waals surface area contributed by atoms with Gasteiger partial charge in [-0.15, -0.1) is 11.3 Å². The third-order valence-electron chi connectivity index (χ3n) is 2.27. The van der Waals surface area contributed by atoms with E-state index >= 15 is 0 Å². The Morgan fingerprint density at radius 1 is 1.39 bits per heavy atom. The Kier molecular flexibility index (Phi) is 3.74. The van der Waals surface area contributed by atoms with Gasteiger partial charge in [-0.25, -0.2) is 0 Å². The van der Waals surface area contributed by atoms with Crippen LogP contribution in [0.2, 0.25) is 4.34 Å². The van der Waals surface area contributed by atoms with Gasteiger partial charge in [0.25, 0.3) is 5.91 Å². The molecule has 1 heterocycles. The molecule has 0 unspecified atom stereocenters. The maximum absolute atomic E-state index is 12.0. The van der Waals surface area contributed by atoms with E-state index < -0.39 is 0 Å². The molecule has 18 heavy (non-hydrogen) atoms. The first-order valence-electron chi connectivity index (χ1n) is 5.10. The minimum absolute atomic E-state index is 0.240. The third kappa shape index (κ3) is 2.75. The molecule has 2 rings (SSSR count). The number of amides is 1. The molecule has 1 aromatic carbocycles. The molecule has 1 aromatic heterocycles. The minimum atomic E-state index is -0.240. The predicted molar refractivity (Wildman–Crippen MR) is 74.7 cm³/mol. The maximum Gasteiger partial charge on any atom is 0.265 e. The molecule has 4 nitrogen and oxygen atoms in total. The van der Waals surface area contributed by atoms with E-state index in [0.717, 1.165) is 0 Å². The van der Waals surface area contributed by atoms with Gasteiger partial charge < -0.3 is 15.8 Å². The number of methoxy groups -OCH3 is 1. The van der Waals surface area contributed by atoms with Gasteiger partial charge in [-0.05, 0) is 30.3 Å². The van der Waals surface area contributed by atoms with Crippen molar-refractivity contribution in [1.82, 2.24) is 0 Å². The summed E-state index contributed by atoms with van der Waals surface area (Å²) in [6, 6.07) is 8.40. The number of thiophene rings is 1. The summed E-state index contributed by atoms with van der Waals surface area (Å²) in [6.45, 7) is 0. The standard InChI is InChI=1S/C12H11ClN2O2S/c1-17-9-3-2-7(14)6-8(9)15-12(16)10-4-5-11(13)18-10/h2-6H,14H2,1H3,(H,15,16). The van der Waals surface area contributed by atoms with Crippen LogP contribution in [0, 0.1) is 0 Å². The van der Waals surface area contributed by atoms with Crippen LogP contribution in [0.4, 0.5) is 11.4 Å². The highest BCUT2D eigenvalue weighted by atomic mass is 35.5. The second-order valence-corrected chi connectivity index (χ2v) is 5.23. The summed E-state index contributed by atoms with van der Waals surface area (Å²) in [5.74, 6) is 0.316. The fraction of sp³-hybridized carbons (Fsp3) is 0.0833. The fourth-order valence-electron chi connectivity index (χ4n) is 1.44. The molecule has 2 aromatic rings. The first kappa shape index (κ1) is 12.7. The molecule has 0 spiro atoms. The zero-order valence-electron chi connectivity index (χ0n) is 9.57. The molecule has 0 aliphatic carbocycles. The van der Waals surface area contributed by atoms with Crippen molar-refractivity contribution in [3.8, 4) is 5.75 Å². The van der Waals surface area contributed by atoms with Crippen LogP contribution in [0.5, 0.6) is 5.75 Å². The highest BCUT2D eigenvalue weighted by molar-refractivity contribution is 7.18. The van der Waals surface area contributed by atoms with Gasteiger partial charge in [-0.1, -0.05) is 11.6 Å². The topological polar surface area (TPSA) is 64.3 Å². The number of anilines is 2. The molecule has 94 valence electrons. The first-order valence-corrected chi connectivity index (χ1v) is 6.30. The molecule has 0 bridgehead atoms. The second-order valence-electron chi connectivity index (χ2n) is 3.52. The second kappa shape index (κ2) is 5.29. The van der Waals surface area contributed by atoms with Crippen molar-refractivity contribution < 1.29 is 9.53 Å². The number of benzene rings is 1. The van der Waals surface area contributed by atoms with Gasteiger partial charge in [0.1, 0.15) is 5.75 Å². The van der Waals surface area contributed by atoms with Crippen molar-refractivity contribution in [2.24, 2.45) is 0 Å². The van der Waals surface area contributed by atoms with Crippen molar-refractivity contribution in [1.29, 1.82) is 0 Å². The van der Waals surface area contributed by atoms with E-state index in [9.17, 15) is 4.79 Å². The number of nitrogen functional groups attached to an aromatic ring is 1. The number of carbonyl (C=O) groups excluding carboxylic acids is 1. The van der Waals surface area contributed by atoms with Crippen LogP contribution in [0.15, 0.2) is 30.3 Å². The van der Waals surface area contributed by atoms with Crippen molar-refractivity contribution in [3.05, 3.63) is 39.5 Å². The Balaban J connectivity index is 2.23. The Hall–Kier alpha value is -1.72. The van der Waals surface area contributed by atoms with Crippen molar-refractivity contribution in [2.45, 2.75) is 0 Å².